The van der Waals surface area contributed by atoms with Crippen molar-refractivity contribution in [1.82, 2.24) is 4.90 Å². The maximum atomic E-state index is 3.70. The van der Waals surface area contributed by atoms with Crippen molar-refractivity contribution in [3.63, 3.8) is 0 Å². The molecule has 127 valence electrons. The Labute approximate surface area is 197 Å². The second-order valence-corrected chi connectivity index (χ2v) is 10.4. The molecule has 3 rings (SSSR count). The van der Waals surface area contributed by atoms with Crippen molar-refractivity contribution in [3.05, 3.63) is 81.4 Å². The first-order valence-electron chi connectivity index (χ1n) is 7.02. The molecule has 0 saturated heterocycles. The van der Waals surface area contributed by atoms with E-state index in [1.165, 1.54) is 0 Å². The Hall–Kier alpha value is 0.500. The van der Waals surface area contributed by atoms with Crippen LogP contribution in [0.1, 0.15) is 0 Å². The molecule has 1 nitrogen and oxygen atoms in total. The van der Waals surface area contributed by atoms with Gasteiger partial charge in [0.25, 0.3) is 0 Å². The van der Waals surface area contributed by atoms with Gasteiger partial charge in [0.2, 0.25) is 17.1 Å². The lowest BCUT2D eigenvalue weighted by Crippen LogP contribution is -2.13. The molecular weight excluding hydrogens is 710 g/mol. The second-order valence-electron chi connectivity index (χ2n) is 5.12. The van der Waals surface area contributed by atoms with Crippen molar-refractivity contribution in [3.8, 4) is 0 Å². The molecule has 0 atom stereocenters. The van der Waals surface area contributed by atoms with Crippen LogP contribution in [0.3, 0.4) is 0 Å². The van der Waals surface area contributed by atoms with Gasteiger partial charge in [-0.15, -0.1) is 0 Å². The van der Waals surface area contributed by atoms with E-state index in [1.807, 2.05) is 36.4 Å². The van der Waals surface area contributed by atoms with Crippen LogP contribution >= 0.6 is 95.6 Å². The van der Waals surface area contributed by atoms with Crippen molar-refractivity contribution in [2.24, 2.45) is 0 Å². The third-order valence-electron chi connectivity index (χ3n) is 3.45. The Morgan fingerprint density at radius 3 is 0.960 bits per heavy atom. The van der Waals surface area contributed by atoms with E-state index in [9.17, 15) is 0 Å². The Kier molecular flexibility index (Phi) is 7.02. The number of anilines is 3. The summed E-state index contributed by atoms with van der Waals surface area (Å²) in [6.45, 7) is 0. The molecule has 25 heavy (non-hydrogen) atoms. The van der Waals surface area contributed by atoms with Crippen LogP contribution in [0, 0.1) is 0 Å². The largest absolute Gasteiger partial charge is 0.206 e. The molecule has 0 aliphatic rings. The fourth-order valence-corrected chi connectivity index (χ4v) is 6.05. The Balaban J connectivity index is 2.27. The fourth-order valence-electron chi connectivity index (χ4n) is 2.38. The molecule has 0 aromatic heterocycles. The van der Waals surface area contributed by atoms with Crippen molar-refractivity contribution < 1.29 is 0 Å². The highest BCUT2D eigenvalue weighted by molar-refractivity contribution is 9.11. The minimum absolute atomic E-state index is 0.992. The quantitative estimate of drug-likeness (QED) is 0.238. The predicted molar refractivity (Wildman–Crippen MR) is 127 cm³/mol. The average Bonchev–Trinajstić information content (AvgIpc) is 2.52. The molecular formula is C18H9Br6N+. The lowest BCUT2D eigenvalue weighted by Gasteiger charge is -2.15. The number of nitrogens with zero attached hydrogens (tertiary/aromatic N) is 1. The van der Waals surface area contributed by atoms with Crippen LogP contribution in [0.15, 0.2) is 81.4 Å². The van der Waals surface area contributed by atoms with Gasteiger partial charge >= 0.3 is 0 Å². The topological polar surface area (TPSA) is 5.90 Å². The molecule has 3 aromatic rings. The number of rotatable bonds is 3. The molecule has 0 heterocycles. The molecule has 0 amide bonds. The van der Waals surface area contributed by atoms with Crippen LogP contribution in [0.5, 0.6) is 0 Å². The lowest BCUT2D eigenvalue weighted by molar-refractivity contribution is 0.914. The Morgan fingerprint density at radius 2 is 0.720 bits per heavy atom. The van der Waals surface area contributed by atoms with E-state index in [-0.39, 0.29) is 0 Å². The van der Waals surface area contributed by atoms with Crippen LogP contribution in [-0.2, 0) is 0 Å². The molecule has 3 aromatic carbocycles. The molecule has 0 unspecified atom stereocenters. The van der Waals surface area contributed by atoms with Crippen molar-refractivity contribution >= 4 is 113 Å². The molecule has 0 N–H and O–H groups in total. The summed E-state index contributed by atoms with van der Waals surface area (Å²) in [4.78, 5) is 2.20. The number of hydrogen-bond donors (Lipinski definition) is 0. The first-order valence-corrected chi connectivity index (χ1v) is 11.8. The van der Waals surface area contributed by atoms with E-state index in [0.717, 1.165) is 43.9 Å². The van der Waals surface area contributed by atoms with Crippen molar-refractivity contribution in [2.75, 3.05) is 0 Å². The highest BCUT2D eigenvalue weighted by Gasteiger charge is 2.32. The zero-order chi connectivity index (χ0) is 18.1. The first kappa shape index (κ1) is 20.2. The molecule has 0 saturated carbocycles. The lowest BCUT2D eigenvalue weighted by atomic mass is 10.2. The molecule has 0 aliphatic carbocycles. The number of hydrogen-bond acceptors (Lipinski definition) is 1. The van der Waals surface area contributed by atoms with Gasteiger partial charge in [0.1, 0.15) is 0 Å². The maximum Gasteiger partial charge on any atom is 0.206 e. The Morgan fingerprint density at radius 1 is 0.440 bits per heavy atom. The van der Waals surface area contributed by atoms with Crippen LogP contribution < -0.4 is 4.90 Å². The van der Waals surface area contributed by atoms with Gasteiger partial charge in [-0.25, -0.2) is 0 Å². The zero-order valence-electron chi connectivity index (χ0n) is 12.4. The van der Waals surface area contributed by atoms with Crippen LogP contribution in [0.4, 0.5) is 17.1 Å². The summed E-state index contributed by atoms with van der Waals surface area (Å²) in [5.74, 6) is 0. The van der Waals surface area contributed by atoms with E-state index < -0.39 is 0 Å². The standard InChI is InChI=1S/C18H9Br6N/c19-10-1-4-16(13(22)7-10)25(17-5-2-11(20)8-14(17)23)18-6-3-12(21)9-15(18)24/h1-9H/q+1. The minimum Gasteiger partial charge on any atom is -0.0560 e. The average molecular weight is 719 g/mol. The van der Waals surface area contributed by atoms with Crippen LogP contribution in [0.25, 0.3) is 0 Å². The summed E-state index contributed by atoms with van der Waals surface area (Å²) in [5.41, 5.74) is 3.11. The van der Waals surface area contributed by atoms with Gasteiger partial charge in [0, 0.05) is 31.6 Å². The van der Waals surface area contributed by atoms with E-state index in [1.54, 1.807) is 0 Å². The monoisotopic (exact) mass is 713 g/mol. The van der Waals surface area contributed by atoms with E-state index >= 15 is 0 Å². The zero-order valence-corrected chi connectivity index (χ0v) is 21.9. The van der Waals surface area contributed by atoms with Gasteiger partial charge < -0.3 is 0 Å². The first-order chi connectivity index (χ1) is 11.9. The van der Waals surface area contributed by atoms with Crippen LogP contribution in [-0.4, -0.2) is 0 Å². The molecule has 0 aliphatic heterocycles. The normalized spacial score (nSPS) is 11.2. The van der Waals surface area contributed by atoms with Crippen LogP contribution in [0.2, 0.25) is 0 Å². The molecule has 7 heteroatoms. The second kappa shape index (κ2) is 8.67. The van der Waals surface area contributed by atoms with Gasteiger partial charge in [-0.3, -0.25) is 0 Å². The fraction of sp³-hybridized carbons (Fsp3) is 0. The van der Waals surface area contributed by atoms with Crippen molar-refractivity contribution in [2.45, 2.75) is 0 Å². The SMILES string of the molecule is Brc1ccc([N+](c2ccc(Br)cc2Br)c2ccc(Br)cc2Br)c(Br)c1. The summed E-state index contributed by atoms with van der Waals surface area (Å²) in [7, 11) is 0. The van der Waals surface area contributed by atoms with Gasteiger partial charge in [0.05, 0.1) is 13.4 Å². The minimum atomic E-state index is 0.992. The molecule has 0 bridgehead atoms. The summed E-state index contributed by atoms with van der Waals surface area (Å²) in [5, 5.41) is 0. The van der Waals surface area contributed by atoms with E-state index in [2.05, 4.69) is 119 Å². The Bertz CT molecular complexity index is 818. The molecule has 0 spiro atoms. The summed E-state index contributed by atoms with van der Waals surface area (Å²) in [6.07, 6.45) is 0. The molecule has 0 fully saturated rings. The van der Waals surface area contributed by atoms with E-state index in [4.69, 9.17) is 0 Å². The smallest absolute Gasteiger partial charge is 0.0560 e. The highest BCUT2D eigenvalue weighted by atomic mass is 79.9. The van der Waals surface area contributed by atoms with Gasteiger partial charge in [-0.1, -0.05) is 52.7 Å². The maximum absolute atomic E-state index is 3.70. The number of benzene rings is 3. The van der Waals surface area contributed by atoms with Gasteiger partial charge in [0.15, 0.2) is 0 Å². The summed E-state index contributed by atoms with van der Waals surface area (Å²) >= 11 is 21.7. The third kappa shape index (κ3) is 4.68. The molecule has 1 radical (unpaired) electrons. The predicted octanol–water partition coefficient (Wildman–Crippen LogP) is 9.70. The van der Waals surface area contributed by atoms with E-state index in [0.29, 0.717) is 0 Å². The van der Waals surface area contributed by atoms with Gasteiger partial charge in [-0.2, -0.15) is 0 Å². The third-order valence-corrected chi connectivity index (χ3v) is 6.84. The number of halogens is 6. The van der Waals surface area contributed by atoms with Gasteiger partial charge in [-0.05, 0) is 84.2 Å². The summed E-state index contributed by atoms with van der Waals surface area (Å²) in [6, 6.07) is 18.5. The summed E-state index contributed by atoms with van der Waals surface area (Å²) < 4.78 is 6.04. The highest BCUT2D eigenvalue weighted by Crippen LogP contribution is 2.45. The van der Waals surface area contributed by atoms with Crippen molar-refractivity contribution in [1.29, 1.82) is 0 Å².